The first-order valence-corrected chi connectivity index (χ1v) is 6.94. The van der Waals surface area contributed by atoms with Gasteiger partial charge < -0.3 is 14.0 Å². The Morgan fingerprint density at radius 2 is 1.95 bits per heavy atom. The molecular weight excluding hydrogens is 270 g/mol. The fraction of sp³-hybridized carbons (Fsp3) is 0.375. The minimum Gasteiger partial charge on any atom is -0.495 e. The highest BCUT2D eigenvalue weighted by molar-refractivity contribution is 6.41. The average Bonchev–Trinajstić information content (AvgIpc) is 2.79. The number of carbonyl (C=O) groups is 2. The molecular formula is C16H19NO4. The second-order valence-corrected chi connectivity index (χ2v) is 4.62. The number of aromatic nitrogens is 1. The standard InChI is InChI=1S/C16H19NO4/c1-5-17-13(15(18)16(19)21-6-2)10(3)11-8-7-9-12(20-4)14(11)17/h7-9H,5-6H2,1-4H3. The molecule has 0 unspecified atom stereocenters. The number of Topliss-reactive ketones (excluding diaryl/α,β-unsaturated/α-hetero) is 1. The van der Waals surface area contributed by atoms with Crippen LogP contribution in [0.1, 0.15) is 29.9 Å². The van der Waals surface area contributed by atoms with Crippen molar-refractivity contribution in [3.05, 3.63) is 29.5 Å². The molecule has 0 aliphatic rings. The first kappa shape index (κ1) is 15.1. The van der Waals surface area contributed by atoms with E-state index in [0.29, 0.717) is 18.0 Å². The van der Waals surface area contributed by atoms with Crippen molar-refractivity contribution >= 4 is 22.7 Å². The number of ether oxygens (including phenoxy) is 2. The Hall–Kier alpha value is -2.30. The minimum absolute atomic E-state index is 0.180. The smallest absolute Gasteiger partial charge is 0.381 e. The van der Waals surface area contributed by atoms with Crippen LogP contribution in [0.3, 0.4) is 0 Å². The number of hydrogen-bond donors (Lipinski definition) is 0. The summed E-state index contributed by atoms with van der Waals surface area (Å²) in [5.41, 5.74) is 1.96. The first-order valence-electron chi connectivity index (χ1n) is 6.94. The summed E-state index contributed by atoms with van der Waals surface area (Å²) in [5.74, 6) is -0.758. The number of para-hydroxylation sites is 1. The number of carbonyl (C=O) groups excluding carboxylic acids is 2. The van der Waals surface area contributed by atoms with Gasteiger partial charge in [0.2, 0.25) is 0 Å². The molecule has 1 aromatic heterocycles. The van der Waals surface area contributed by atoms with E-state index in [0.717, 1.165) is 16.5 Å². The summed E-state index contributed by atoms with van der Waals surface area (Å²) < 4.78 is 12.0. The van der Waals surface area contributed by atoms with Gasteiger partial charge in [0.1, 0.15) is 11.4 Å². The normalized spacial score (nSPS) is 10.7. The molecule has 0 radical (unpaired) electrons. The Morgan fingerprint density at radius 3 is 2.52 bits per heavy atom. The number of fused-ring (bicyclic) bond motifs is 1. The molecule has 0 atom stereocenters. The van der Waals surface area contributed by atoms with Gasteiger partial charge in [-0.3, -0.25) is 4.79 Å². The molecule has 0 amide bonds. The highest BCUT2D eigenvalue weighted by Crippen LogP contribution is 2.32. The molecule has 0 saturated carbocycles. The van der Waals surface area contributed by atoms with Crippen LogP contribution in [0.4, 0.5) is 0 Å². The molecule has 21 heavy (non-hydrogen) atoms. The van der Waals surface area contributed by atoms with Crippen LogP contribution in [-0.2, 0) is 16.1 Å². The third-order valence-electron chi connectivity index (χ3n) is 3.51. The van der Waals surface area contributed by atoms with E-state index >= 15 is 0 Å². The quantitative estimate of drug-likeness (QED) is 0.482. The number of nitrogens with zero attached hydrogens (tertiary/aromatic N) is 1. The lowest BCUT2D eigenvalue weighted by Gasteiger charge is -2.09. The third kappa shape index (κ3) is 2.39. The fourth-order valence-electron chi connectivity index (χ4n) is 2.61. The topological polar surface area (TPSA) is 57.5 Å². The predicted molar refractivity (Wildman–Crippen MR) is 79.9 cm³/mol. The third-order valence-corrected chi connectivity index (χ3v) is 3.51. The lowest BCUT2D eigenvalue weighted by molar-refractivity contribution is -0.137. The van der Waals surface area contributed by atoms with Gasteiger partial charge in [0.25, 0.3) is 5.78 Å². The van der Waals surface area contributed by atoms with Crippen LogP contribution in [0.2, 0.25) is 0 Å². The molecule has 1 heterocycles. The van der Waals surface area contributed by atoms with Crippen molar-refractivity contribution in [1.29, 1.82) is 0 Å². The van der Waals surface area contributed by atoms with Crippen LogP contribution in [0.25, 0.3) is 10.9 Å². The van der Waals surface area contributed by atoms with Gasteiger partial charge in [-0.2, -0.15) is 0 Å². The lowest BCUT2D eigenvalue weighted by atomic mass is 10.1. The van der Waals surface area contributed by atoms with Crippen LogP contribution in [0.15, 0.2) is 18.2 Å². The van der Waals surface area contributed by atoms with Gasteiger partial charge in [0, 0.05) is 11.9 Å². The molecule has 5 heteroatoms. The zero-order chi connectivity index (χ0) is 15.6. The number of aryl methyl sites for hydroxylation is 2. The maximum Gasteiger partial charge on any atom is 0.381 e. The highest BCUT2D eigenvalue weighted by Gasteiger charge is 2.27. The number of ketones is 1. The van der Waals surface area contributed by atoms with Crippen molar-refractivity contribution in [2.45, 2.75) is 27.3 Å². The van der Waals surface area contributed by atoms with E-state index in [1.165, 1.54) is 0 Å². The van der Waals surface area contributed by atoms with E-state index in [1.54, 1.807) is 14.0 Å². The Bertz CT molecular complexity index is 700. The first-order chi connectivity index (χ1) is 10.1. The molecule has 0 saturated heterocycles. The maximum atomic E-state index is 12.4. The minimum atomic E-state index is -0.822. The summed E-state index contributed by atoms with van der Waals surface area (Å²) in [4.78, 5) is 24.1. The summed E-state index contributed by atoms with van der Waals surface area (Å²) in [6.07, 6.45) is 0. The molecule has 112 valence electrons. The van der Waals surface area contributed by atoms with Crippen LogP contribution in [-0.4, -0.2) is 30.0 Å². The SMILES string of the molecule is CCOC(=O)C(=O)c1c(C)c2cccc(OC)c2n1CC. The number of benzene rings is 1. The summed E-state index contributed by atoms with van der Waals surface area (Å²) >= 11 is 0. The van der Waals surface area contributed by atoms with Crippen LogP contribution < -0.4 is 4.74 Å². The Morgan fingerprint density at radius 1 is 1.24 bits per heavy atom. The predicted octanol–water partition coefficient (Wildman–Crippen LogP) is 2.72. The van der Waals surface area contributed by atoms with Crippen LogP contribution >= 0.6 is 0 Å². The van der Waals surface area contributed by atoms with E-state index in [9.17, 15) is 9.59 Å². The summed E-state index contributed by atoms with van der Waals surface area (Å²) in [6, 6.07) is 5.63. The summed E-state index contributed by atoms with van der Waals surface area (Å²) in [6.45, 7) is 6.18. The Kier molecular flexibility index (Phi) is 4.31. The average molecular weight is 289 g/mol. The van der Waals surface area contributed by atoms with E-state index in [4.69, 9.17) is 9.47 Å². The largest absolute Gasteiger partial charge is 0.495 e. The van der Waals surface area contributed by atoms with Gasteiger partial charge in [-0.1, -0.05) is 12.1 Å². The number of hydrogen-bond acceptors (Lipinski definition) is 4. The fourth-order valence-corrected chi connectivity index (χ4v) is 2.61. The van der Waals surface area contributed by atoms with Crippen molar-refractivity contribution in [3.8, 4) is 5.75 Å². The molecule has 2 rings (SSSR count). The molecule has 2 aromatic rings. The molecule has 0 bridgehead atoms. The van der Waals surface area contributed by atoms with Gasteiger partial charge >= 0.3 is 5.97 Å². The van der Waals surface area contributed by atoms with Crippen molar-refractivity contribution in [2.24, 2.45) is 0 Å². The lowest BCUT2D eigenvalue weighted by Crippen LogP contribution is -2.21. The van der Waals surface area contributed by atoms with Gasteiger partial charge in [-0.05, 0) is 32.4 Å². The van der Waals surface area contributed by atoms with Crippen molar-refractivity contribution in [2.75, 3.05) is 13.7 Å². The molecule has 1 aromatic carbocycles. The summed E-state index contributed by atoms with van der Waals surface area (Å²) in [5, 5.41) is 0.906. The van der Waals surface area contributed by atoms with Crippen molar-refractivity contribution in [3.63, 3.8) is 0 Å². The second-order valence-electron chi connectivity index (χ2n) is 4.62. The van der Waals surface area contributed by atoms with Crippen molar-refractivity contribution in [1.82, 2.24) is 4.57 Å². The van der Waals surface area contributed by atoms with Crippen molar-refractivity contribution < 1.29 is 19.1 Å². The molecule has 0 N–H and O–H groups in total. The van der Waals surface area contributed by atoms with Crippen LogP contribution in [0, 0.1) is 6.92 Å². The second kappa shape index (κ2) is 5.99. The highest BCUT2D eigenvalue weighted by atomic mass is 16.5. The number of esters is 1. The Labute approximate surface area is 123 Å². The van der Waals surface area contributed by atoms with Gasteiger partial charge in [-0.15, -0.1) is 0 Å². The van der Waals surface area contributed by atoms with Crippen LogP contribution in [0.5, 0.6) is 5.75 Å². The Balaban J connectivity index is 2.72. The number of methoxy groups -OCH3 is 1. The molecule has 0 fully saturated rings. The van der Waals surface area contributed by atoms with Gasteiger partial charge in [-0.25, -0.2) is 4.79 Å². The summed E-state index contributed by atoms with van der Waals surface area (Å²) in [7, 11) is 1.59. The number of rotatable bonds is 5. The molecule has 0 aliphatic carbocycles. The zero-order valence-corrected chi connectivity index (χ0v) is 12.7. The molecule has 5 nitrogen and oxygen atoms in total. The maximum absolute atomic E-state index is 12.4. The van der Waals surface area contributed by atoms with Gasteiger partial charge in [0.05, 0.1) is 19.2 Å². The monoisotopic (exact) mass is 289 g/mol. The van der Waals surface area contributed by atoms with E-state index in [2.05, 4.69) is 0 Å². The van der Waals surface area contributed by atoms with E-state index in [-0.39, 0.29) is 6.61 Å². The molecule has 0 aliphatic heterocycles. The zero-order valence-electron chi connectivity index (χ0n) is 12.7. The van der Waals surface area contributed by atoms with Gasteiger partial charge in [0.15, 0.2) is 0 Å². The molecule has 0 spiro atoms. The van der Waals surface area contributed by atoms with E-state index < -0.39 is 11.8 Å². The van der Waals surface area contributed by atoms with E-state index in [1.807, 2.05) is 36.6 Å².